The van der Waals surface area contributed by atoms with Gasteiger partial charge in [0, 0.05) is 26.2 Å². The number of nitrogens with zero attached hydrogens (tertiary/aromatic N) is 1. The van der Waals surface area contributed by atoms with E-state index in [1.54, 1.807) is 37.3 Å². The van der Waals surface area contributed by atoms with Crippen LogP contribution in [0.1, 0.15) is 23.6 Å². The van der Waals surface area contributed by atoms with Crippen LogP contribution in [0.2, 0.25) is 0 Å². The molecule has 0 aliphatic heterocycles. The summed E-state index contributed by atoms with van der Waals surface area (Å²) >= 11 is 0. The average Bonchev–Trinajstić information content (AvgIpc) is 2.68. The predicted octanol–water partition coefficient (Wildman–Crippen LogP) is 1.87. The largest absolute Gasteiger partial charge is 0.497 e. The van der Waals surface area contributed by atoms with Gasteiger partial charge in [-0.2, -0.15) is 0 Å². The van der Waals surface area contributed by atoms with Gasteiger partial charge in [0.1, 0.15) is 5.75 Å². The van der Waals surface area contributed by atoms with Crippen LogP contribution in [0, 0.1) is 6.92 Å². The highest BCUT2D eigenvalue weighted by atomic mass is 32.2. The topological polar surface area (TPSA) is 122 Å². The first-order valence-corrected chi connectivity index (χ1v) is 12.6. The van der Waals surface area contributed by atoms with Gasteiger partial charge in [-0.05, 0) is 42.3 Å². The lowest BCUT2D eigenvalue weighted by molar-refractivity contribution is -0.116. The van der Waals surface area contributed by atoms with Gasteiger partial charge in [-0.25, -0.2) is 25.9 Å². The van der Waals surface area contributed by atoms with Gasteiger partial charge in [0.15, 0.2) is 0 Å². The van der Waals surface area contributed by atoms with Gasteiger partial charge in [-0.3, -0.25) is 4.79 Å². The average molecular weight is 470 g/mol. The molecule has 0 heterocycles. The summed E-state index contributed by atoms with van der Waals surface area (Å²) in [5.74, 6) is 0.125. The third kappa shape index (κ3) is 6.76. The summed E-state index contributed by atoms with van der Waals surface area (Å²) in [6, 6.07) is 10.3. The normalized spacial score (nSPS) is 13.1. The van der Waals surface area contributed by atoms with Crippen LogP contribution in [-0.2, 0) is 24.8 Å². The van der Waals surface area contributed by atoms with Crippen LogP contribution in [0.15, 0.2) is 47.4 Å². The lowest BCUT2D eigenvalue weighted by atomic mass is 10.0. The Bertz CT molecular complexity index is 1140. The molecule has 0 bridgehead atoms. The number of anilines is 1. The number of nitrogens with one attached hydrogen (secondary N) is 2. The van der Waals surface area contributed by atoms with E-state index < -0.39 is 32.0 Å². The Kier molecular flexibility index (Phi) is 7.82. The van der Waals surface area contributed by atoms with Crippen molar-refractivity contribution < 1.29 is 26.4 Å². The molecule has 0 aliphatic rings. The summed E-state index contributed by atoms with van der Waals surface area (Å²) < 4.78 is 57.0. The quantitative estimate of drug-likeness (QED) is 0.578. The van der Waals surface area contributed by atoms with Crippen LogP contribution >= 0.6 is 0 Å². The molecule has 0 radical (unpaired) electrons. The smallest absolute Gasteiger partial charge is 0.242 e. The SMILES string of the molecule is COc1ccc([C@@H](CC(=O)Nc2cc(S(=O)(=O)N(C)C)ccc2C)NS(C)(=O)=O)cc1. The summed E-state index contributed by atoms with van der Waals surface area (Å²) in [6.45, 7) is 1.73. The Balaban J connectivity index is 2.28. The standard InChI is InChI=1S/C20H27N3O6S2/c1-14-6-11-17(31(27,28)23(2)3)12-18(14)21-20(24)13-19(22-30(5,25)26)15-7-9-16(29-4)10-8-15/h6-12,19,22H,13H2,1-5H3,(H,21,24)/t19-/m1/s1. The van der Waals surface area contributed by atoms with E-state index in [0.717, 1.165) is 10.6 Å². The van der Waals surface area contributed by atoms with Crippen LogP contribution in [-0.4, -0.2) is 54.5 Å². The number of sulfonamides is 2. The van der Waals surface area contributed by atoms with Gasteiger partial charge >= 0.3 is 0 Å². The molecule has 2 aromatic carbocycles. The van der Waals surface area contributed by atoms with Gasteiger partial charge < -0.3 is 10.1 Å². The second kappa shape index (κ2) is 9.77. The van der Waals surface area contributed by atoms with Crippen molar-refractivity contribution in [2.45, 2.75) is 24.3 Å². The van der Waals surface area contributed by atoms with Crippen molar-refractivity contribution in [3.05, 3.63) is 53.6 Å². The molecule has 9 nitrogen and oxygen atoms in total. The van der Waals surface area contributed by atoms with Gasteiger partial charge in [0.05, 0.1) is 24.3 Å². The second-order valence-corrected chi connectivity index (χ2v) is 11.2. The number of methoxy groups -OCH3 is 1. The Morgan fingerprint density at radius 1 is 1.06 bits per heavy atom. The number of rotatable bonds is 9. The summed E-state index contributed by atoms with van der Waals surface area (Å²) in [4.78, 5) is 12.8. The number of aryl methyl sites for hydroxylation is 1. The molecule has 1 atom stereocenters. The fourth-order valence-corrected chi connectivity index (χ4v) is 4.48. The van der Waals surface area contributed by atoms with Gasteiger partial charge in [-0.15, -0.1) is 0 Å². The number of carbonyl (C=O) groups is 1. The molecular formula is C20H27N3O6S2. The number of benzene rings is 2. The molecule has 2 N–H and O–H groups in total. The van der Waals surface area contributed by atoms with Crippen molar-refractivity contribution in [1.82, 2.24) is 9.03 Å². The monoisotopic (exact) mass is 469 g/mol. The number of hydrogen-bond donors (Lipinski definition) is 2. The molecule has 0 fully saturated rings. The number of hydrogen-bond acceptors (Lipinski definition) is 6. The second-order valence-electron chi connectivity index (χ2n) is 7.23. The van der Waals surface area contributed by atoms with E-state index in [1.165, 1.54) is 33.3 Å². The van der Waals surface area contributed by atoms with Crippen molar-refractivity contribution in [3.8, 4) is 5.75 Å². The number of carbonyl (C=O) groups excluding carboxylic acids is 1. The summed E-state index contributed by atoms with van der Waals surface area (Å²) in [6.07, 6.45) is 0.824. The Morgan fingerprint density at radius 3 is 2.19 bits per heavy atom. The molecular weight excluding hydrogens is 442 g/mol. The molecule has 0 saturated carbocycles. The Morgan fingerprint density at radius 2 is 1.68 bits per heavy atom. The van der Waals surface area contributed by atoms with Crippen LogP contribution in [0.5, 0.6) is 5.75 Å². The lowest BCUT2D eigenvalue weighted by Crippen LogP contribution is -2.30. The molecule has 2 aromatic rings. The maximum absolute atomic E-state index is 12.7. The van der Waals surface area contributed by atoms with E-state index in [1.807, 2.05) is 0 Å². The van der Waals surface area contributed by atoms with E-state index >= 15 is 0 Å². The predicted molar refractivity (Wildman–Crippen MR) is 119 cm³/mol. The zero-order valence-electron chi connectivity index (χ0n) is 18.0. The lowest BCUT2D eigenvalue weighted by Gasteiger charge is -2.19. The van der Waals surface area contributed by atoms with Crippen LogP contribution in [0.4, 0.5) is 5.69 Å². The fourth-order valence-electron chi connectivity index (χ4n) is 2.82. The van der Waals surface area contributed by atoms with Gasteiger partial charge in [0.25, 0.3) is 0 Å². The highest BCUT2D eigenvalue weighted by Gasteiger charge is 2.22. The highest BCUT2D eigenvalue weighted by Crippen LogP contribution is 2.25. The fraction of sp³-hybridized carbons (Fsp3) is 0.350. The summed E-state index contributed by atoms with van der Waals surface area (Å²) in [7, 11) is -2.91. The minimum absolute atomic E-state index is 0.0411. The van der Waals surface area contributed by atoms with Crippen molar-refractivity contribution >= 4 is 31.6 Å². The summed E-state index contributed by atoms with van der Waals surface area (Å²) in [5.41, 5.74) is 1.59. The van der Waals surface area contributed by atoms with E-state index in [-0.39, 0.29) is 11.3 Å². The molecule has 170 valence electrons. The first kappa shape index (κ1) is 24.8. The number of amides is 1. The highest BCUT2D eigenvalue weighted by molar-refractivity contribution is 7.89. The van der Waals surface area contributed by atoms with Gasteiger partial charge in [-0.1, -0.05) is 18.2 Å². The Hall–Kier alpha value is -2.47. The van der Waals surface area contributed by atoms with E-state index in [0.29, 0.717) is 22.6 Å². The van der Waals surface area contributed by atoms with E-state index in [2.05, 4.69) is 10.0 Å². The zero-order chi connectivity index (χ0) is 23.4. The summed E-state index contributed by atoms with van der Waals surface area (Å²) in [5, 5.41) is 2.69. The van der Waals surface area contributed by atoms with Crippen molar-refractivity contribution in [1.29, 1.82) is 0 Å². The first-order chi connectivity index (χ1) is 14.3. The third-order valence-corrected chi connectivity index (χ3v) is 7.05. The minimum atomic E-state index is -3.67. The Labute approximate surface area is 183 Å². The maximum Gasteiger partial charge on any atom is 0.242 e. The molecule has 0 saturated heterocycles. The molecule has 0 unspecified atom stereocenters. The molecule has 11 heteroatoms. The molecule has 2 rings (SSSR count). The molecule has 1 amide bonds. The molecule has 0 aromatic heterocycles. The maximum atomic E-state index is 12.7. The van der Waals surface area contributed by atoms with Crippen LogP contribution in [0.3, 0.4) is 0 Å². The molecule has 0 aliphatic carbocycles. The van der Waals surface area contributed by atoms with Crippen molar-refractivity contribution in [3.63, 3.8) is 0 Å². The minimum Gasteiger partial charge on any atom is -0.497 e. The van der Waals surface area contributed by atoms with E-state index in [9.17, 15) is 21.6 Å². The molecule has 31 heavy (non-hydrogen) atoms. The first-order valence-electron chi connectivity index (χ1n) is 9.28. The number of ether oxygens (including phenoxy) is 1. The van der Waals surface area contributed by atoms with Crippen LogP contribution < -0.4 is 14.8 Å². The third-order valence-electron chi connectivity index (χ3n) is 4.53. The zero-order valence-corrected chi connectivity index (χ0v) is 19.7. The van der Waals surface area contributed by atoms with Crippen LogP contribution in [0.25, 0.3) is 0 Å². The van der Waals surface area contributed by atoms with Gasteiger partial charge in [0.2, 0.25) is 26.0 Å². The molecule has 0 spiro atoms. The van der Waals surface area contributed by atoms with E-state index in [4.69, 9.17) is 4.74 Å². The van der Waals surface area contributed by atoms with Crippen molar-refractivity contribution in [2.75, 3.05) is 32.8 Å². The van der Waals surface area contributed by atoms with Crippen molar-refractivity contribution in [2.24, 2.45) is 0 Å².